The Labute approximate surface area is 225 Å². The van der Waals surface area contributed by atoms with Gasteiger partial charge >= 0.3 is 0 Å². The van der Waals surface area contributed by atoms with Crippen molar-refractivity contribution in [1.82, 2.24) is 26.3 Å². The molecule has 0 unspecified atom stereocenters. The molecule has 3 heterocycles. The average molecular weight is 532 g/mol. The summed E-state index contributed by atoms with van der Waals surface area (Å²) < 4.78 is 1.14. The van der Waals surface area contributed by atoms with Crippen LogP contribution >= 0.6 is 11.3 Å². The van der Waals surface area contributed by atoms with E-state index in [1.54, 1.807) is 11.3 Å². The molecule has 2 atom stereocenters. The first kappa shape index (κ1) is 25.9. The van der Waals surface area contributed by atoms with E-state index in [-0.39, 0.29) is 23.6 Å². The quantitative estimate of drug-likeness (QED) is 0.213. The summed E-state index contributed by atoms with van der Waals surface area (Å²) in [7, 11) is 0. The number of H-pyrrole nitrogens is 1. The maximum absolute atomic E-state index is 13.7. The fraction of sp³-hybridized carbons (Fsp3) is 0.345. The van der Waals surface area contributed by atoms with Gasteiger partial charge in [0.1, 0.15) is 12.2 Å². The summed E-state index contributed by atoms with van der Waals surface area (Å²) in [5.74, 6) is -0.780. The van der Waals surface area contributed by atoms with Crippen molar-refractivity contribution >= 4 is 50.0 Å². The number of hydrogen-bond donors (Lipinski definition) is 5. The maximum atomic E-state index is 13.7. The van der Waals surface area contributed by atoms with E-state index < -0.39 is 12.2 Å². The lowest BCUT2D eigenvalue weighted by molar-refractivity contribution is -0.132. The molecule has 0 aliphatic carbocycles. The summed E-state index contributed by atoms with van der Waals surface area (Å²) in [4.78, 5) is 42.2. The standard InChI is InChI=1S/C29H33N5O3S/c1-18(35)32-27(15-20-16-31-24-8-4-2-6-22(20)24)34-29(37)25(33-28(36)19-10-12-30-13-11-19)14-21-17-38-26-9-5-3-7-23(21)26/h2-9,16-17,19,25,27,30-31H,10-15H2,1H3,(H,32,35)(H,33,36)(H,34,37)/t25-,27-/m1/s1. The van der Waals surface area contributed by atoms with Crippen molar-refractivity contribution in [2.24, 2.45) is 5.92 Å². The van der Waals surface area contributed by atoms with Gasteiger partial charge in [-0.1, -0.05) is 36.4 Å². The van der Waals surface area contributed by atoms with E-state index >= 15 is 0 Å². The Morgan fingerprint density at radius 1 is 0.921 bits per heavy atom. The van der Waals surface area contributed by atoms with Crippen LogP contribution in [0.5, 0.6) is 0 Å². The number of carbonyl (C=O) groups excluding carboxylic acids is 3. The fourth-order valence-corrected chi connectivity index (χ4v) is 6.15. The zero-order chi connectivity index (χ0) is 26.5. The van der Waals surface area contributed by atoms with Gasteiger partial charge in [-0.25, -0.2) is 0 Å². The molecule has 1 saturated heterocycles. The minimum absolute atomic E-state index is 0.0982. The van der Waals surface area contributed by atoms with Crippen LogP contribution in [0.15, 0.2) is 60.1 Å². The largest absolute Gasteiger partial charge is 0.361 e. The number of hydrogen-bond acceptors (Lipinski definition) is 5. The van der Waals surface area contributed by atoms with Gasteiger partial charge in [-0.15, -0.1) is 11.3 Å². The molecule has 1 aliphatic heterocycles. The summed E-state index contributed by atoms with van der Waals surface area (Å²) in [6.07, 6.45) is 3.54. The van der Waals surface area contributed by atoms with E-state index in [2.05, 4.69) is 37.7 Å². The molecule has 0 spiro atoms. The highest BCUT2D eigenvalue weighted by molar-refractivity contribution is 7.17. The van der Waals surface area contributed by atoms with Gasteiger partial charge in [0.05, 0.1) is 0 Å². The molecule has 198 valence electrons. The summed E-state index contributed by atoms with van der Waals surface area (Å²) in [5.41, 5.74) is 3.00. The Hall–Kier alpha value is -3.69. The predicted octanol–water partition coefficient (Wildman–Crippen LogP) is 3.23. The van der Waals surface area contributed by atoms with Crippen LogP contribution in [0.3, 0.4) is 0 Å². The number of amides is 3. The molecule has 5 N–H and O–H groups in total. The van der Waals surface area contributed by atoms with Crippen molar-refractivity contribution in [1.29, 1.82) is 0 Å². The van der Waals surface area contributed by atoms with E-state index in [0.717, 1.165) is 58.0 Å². The van der Waals surface area contributed by atoms with Crippen LogP contribution in [0.4, 0.5) is 0 Å². The lowest BCUT2D eigenvalue weighted by atomic mass is 9.96. The second-order valence-corrected chi connectivity index (χ2v) is 10.8. The van der Waals surface area contributed by atoms with Crippen molar-refractivity contribution in [3.8, 4) is 0 Å². The number of aromatic amines is 1. The Balaban J connectivity index is 1.37. The first-order valence-corrected chi connectivity index (χ1v) is 13.9. The van der Waals surface area contributed by atoms with Gasteiger partial charge in [0, 0.05) is 47.5 Å². The first-order valence-electron chi connectivity index (χ1n) is 13.1. The molecular weight excluding hydrogens is 498 g/mol. The Bertz CT molecular complexity index is 1440. The van der Waals surface area contributed by atoms with Gasteiger partial charge < -0.3 is 26.3 Å². The van der Waals surface area contributed by atoms with Gasteiger partial charge in [0.25, 0.3) is 0 Å². The second-order valence-electron chi connectivity index (χ2n) is 9.87. The third-order valence-electron chi connectivity index (χ3n) is 7.12. The minimum atomic E-state index is -0.769. The summed E-state index contributed by atoms with van der Waals surface area (Å²) in [5, 5.41) is 16.4. The van der Waals surface area contributed by atoms with Crippen LogP contribution in [-0.4, -0.2) is 48.0 Å². The fourth-order valence-electron chi connectivity index (χ4n) is 5.17. The lowest BCUT2D eigenvalue weighted by Crippen LogP contribution is -2.56. The number of nitrogens with one attached hydrogen (secondary N) is 5. The van der Waals surface area contributed by atoms with E-state index in [1.165, 1.54) is 6.92 Å². The van der Waals surface area contributed by atoms with Crippen molar-refractivity contribution in [2.75, 3.05) is 13.1 Å². The number of thiophene rings is 1. The zero-order valence-electron chi connectivity index (χ0n) is 21.4. The molecule has 1 aliphatic rings. The third-order valence-corrected chi connectivity index (χ3v) is 8.13. The highest BCUT2D eigenvalue weighted by Gasteiger charge is 2.29. The second kappa shape index (κ2) is 11.8. The third kappa shape index (κ3) is 6.06. The summed E-state index contributed by atoms with van der Waals surface area (Å²) >= 11 is 1.63. The number of piperidine rings is 1. The van der Waals surface area contributed by atoms with Crippen LogP contribution in [0, 0.1) is 5.92 Å². The Morgan fingerprint density at radius 3 is 2.45 bits per heavy atom. The number of carbonyl (C=O) groups is 3. The molecule has 1 fully saturated rings. The van der Waals surface area contributed by atoms with Crippen LogP contribution in [-0.2, 0) is 27.2 Å². The monoisotopic (exact) mass is 531 g/mol. The number of aromatic nitrogens is 1. The molecule has 0 saturated carbocycles. The van der Waals surface area contributed by atoms with E-state index in [4.69, 9.17) is 0 Å². The zero-order valence-corrected chi connectivity index (χ0v) is 22.2. The van der Waals surface area contributed by atoms with Gasteiger partial charge in [-0.3, -0.25) is 14.4 Å². The van der Waals surface area contributed by atoms with Gasteiger partial charge in [-0.05, 0) is 60.0 Å². The highest BCUT2D eigenvalue weighted by Crippen LogP contribution is 2.27. The van der Waals surface area contributed by atoms with E-state index in [1.807, 2.05) is 48.7 Å². The van der Waals surface area contributed by atoms with Crippen LogP contribution in [0.25, 0.3) is 21.0 Å². The van der Waals surface area contributed by atoms with E-state index in [0.29, 0.717) is 12.8 Å². The topological polar surface area (TPSA) is 115 Å². The molecule has 4 aromatic rings. The van der Waals surface area contributed by atoms with Crippen LogP contribution < -0.4 is 21.3 Å². The average Bonchev–Trinajstić information content (AvgIpc) is 3.52. The molecule has 2 aromatic heterocycles. The molecule has 3 amide bonds. The molecule has 0 bridgehead atoms. The van der Waals surface area contributed by atoms with Gasteiger partial charge in [-0.2, -0.15) is 0 Å². The first-order chi connectivity index (χ1) is 18.5. The van der Waals surface area contributed by atoms with E-state index in [9.17, 15) is 14.4 Å². The Morgan fingerprint density at radius 2 is 1.66 bits per heavy atom. The van der Waals surface area contributed by atoms with Crippen molar-refractivity contribution in [3.05, 3.63) is 71.2 Å². The summed E-state index contributed by atoms with van der Waals surface area (Å²) in [6.45, 7) is 3.01. The molecular formula is C29H33N5O3S. The maximum Gasteiger partial charge on any atom is 0.244 e. The molecule has 0 radical (unpaired) electrons. The number of rotatable bonds is 9. The SMILES string of the molecule is CC(=O)N[C@@H](Cc1c[nH]c2ccccc12)NC(=O)[C@@H](Cc1csc2ccccc12)NC(=O)C1CCNCC1. The van der Waals surface area contributed by atoms with Crippen molar-refractivity contribution < 1.29 is 14.4 Å². The van der Waals surface area contributed by atoms with Crippen molar-refractivity contribution in [3.63, 3.8) is 0 Å². The molecule has 5 rings (SSSR count). The number of para-hydroxylation sites is 1. The summed E-state index contributed by atoms with van der Waals surface area (Å²) in [6, 6.07) is 15.2. The smallest absolute Gasteiger partial charge is 0.244 e. The number of benzene rings is 2. The predicted molar refractivity (Wildman–Crippen MR) is 151 cm³/mol. The highest BCUT2D eigenvalue weighted by atomic mass is 32.1. The lowest BCUT2D eigenvalue weighted by Gasteiger charge is -2.27. The Kier molecular flexibility index (Phi) is 8.05. The van der Waals surface area contributed by atoms with Gasteiger partial charge in [0.2, 0.25) is 17.7 Å². The van der Waals surface area contributed by atoms with Crippen LogP contribution in [0.1, 0.15) is 30.9 Å². The molecule has 8 nitrogen and oxygen atoms in total. The normalized spacial score (nSPS) is 15.7. The van der Waals surface area contributed by atoms with Gasteiger partial charge in [0.15, 0.2) is 0 Å². The van der Waals surface area contributed by atoms with Crippen LogP contribution in [0.2, 0.25) is 0 Å². The molecule has 2 aromatic carbocycles. The molecule has 38 heavy (non-hydrogen) atoms. The number of fused-ring (bicyclic) bond motifs is 2. The minimum Gasteiger partial charge on any atom is -0.361 e. The molecule has 9 heteroatoms. The van der Waals surface area contributed by atoms with Crippen molar-refractivity contribution in [2.45, 2.75) is 44.8 Å².